The Bertz CT molecular complexity index is 239. The quantitative estimate of drug-likeness (QED) is 0.436. The van der Waals surface area contributed by atoms with Crippen molar-refractivity contribution >= 4 is 5.97 Å². The first-order valence-corrected chi connectivity index (χ1v) is 3.23. The van der Waals surface area contributed by atoms with Gasteiger partial charge in [0.2, 0.25) is 5.67 Å². The van der Waals surface area contributed by atoms with Gasteiger partial charge in [0.25, 0.3) is 0 Å². The van der Waals surface area contributed by atoms with Crippen LogP contribution in [0.1, 0.15) is 6.92 Å². The second-order valence-electron chi connectivity index (χ2n) is 3.10. The number of fused-ring (bicyclic) bond motifs is 1. The predicted molar refractivity (Wildman–Crippen MR) is 30.3 cm³/mol. The van der Waals surface area contributed by atoms with E-state index in [-0.39, 0.29) is 0 Å². The highest BCUT2D eigenvalue weighted by Crippen LogP contribution is 2.55. The van der Waals surface area contributed by atoms with E-state index in [4.69, 9.17) is 5.11 Å². The summed E-state index contributed by atoms with van der Waals surface area (Å²) in [7, 11) is 0. The lowest BCUT2D eigenvalue weighted by Gasteiger charge is -2.17. The van der Waals surface area contributed by atoms with E-state index in [0.717, 1.165) is 6.92 Å². The third kappa shape index (κ3) is 0.478. The largest absolute Gasteiger partial charge is 0.454 e. The molecule has 1 unspecified atom stereocenters. The monoisotopic (exact) mass is 162 g/mol. The van der Waals surface area contributed by atoms with E-state index in [0.29, 0.717) is 0 Å². The van der Waals surface area contributed by atoms with Crippen LogP contribution in [0, 0.1) is 0 Å². The van der Waals surface area contributed by atoms with E-state index in [1.807, 2.05) is 0 Å². The van der Waals surface area contributed by atoms with Gasteiger partial charge in [-0.1, -0.05) is 0 Å². The van der Waals surface area contributed by atoms with Crippen LogP contribution in [0.15, 0.2) is 0 Å². The number of alkyl halides is 1. The molecular weight excluding hydrogens is 155 g/mol. The van der Waals surface area contributed by atoms with Crippen molar-refractivity contribution in [2.24, 2.45) is 0 Å². The van der Waals surface area contributed by atoms with Gasteiger partial charge in [-0.25, -0.2) is 9.18 Å². The van der Waals surface area contributed by atoms with Gasteiger partial charge in [-0.05, 0) is 6.92 Å². The van der Waals surface area contributed by atoms with Gasteiger partial charge in [0, 0.05) is 0 Å². The van der Waals surface area contributed by atoms with Crippen LogP contribution in [0.25, 0.3) is 0 Å². The number of esters is 1. The average Bonchev–Trinajstić information content (AvgIpc) is 2.35. The number of hydrogen-bond donors (Lipinski definition) is 2. The fourth-order valence-electron chi connectivity index (χ4n) is 1.42. The summed E-state index contributed by atoms with van der Waals surface area (Å²) in [6.07, 6.45) is -2.33. The van der Waals surface area contributed by atoms with E-state index in [2.05, 4.69) is 4.74 Å². The van der Waals surface area contributed by atoms with Crippen molar-refractivity contribution in [3.63, 3.8) is 0 Å². The van der Waals surface area contributed by atoms with Crippen LogP contribution in [0.5, 0.6) is 0 Å². The maximum Gasteiger partial charge on any atom is 0.347 e. The van der Waals surface area contributed by atoms with E-state index < -0.39 is 29.4 Å². The Balaban J connectivity index is 2.39. The molecule has 0 amide bonds. The summed E-state index contributed by atoms with van der Waals surface area (Å²) < 4.78 is 17.5. The smallest absolute Gasteiger partial charge is 0.347 e. The molecule has 0 radical (unpaired) electrons. The predicted octanol–water partition coefficient (Wildman–Crippen LogP) is -1.25. The molecule has 4 atom stereocenters. The van der Waals surface area contributed by atoms with Crippen LogP contribution in [0.3, 0.4) is 0 Å². The highest BCUT2D eigenvalue weighted by Gasteiger charge is 2.84. The Hall–Kier alpha value is -0.680. The highest BCUT2D eigenvalue weighted by molar-refractivity contribution is 5.86. The molecule has 4 nitrogen and oxygen atoms in total. The molecule has 2 fully saturated rings. The molecule has 0 aromatic heterocycles. The lowest BCUT2D eigenvalue weighted by molar-refractivity contribution is -0.157. The van der Waals surface area contributed by atoms with Crippen molar-refractivity contribution in [1.29, 1.82) is 0 Å². The van der Waals surface area contributed by atoms with Crippen LogP contribution >= 0.6 is 0 Å². The topological polar surface area (TPSA) is 66.8 Å². The Morgan fingerprint density at radius 3 is 2.55 bits per heavy atom. The second kappa shape index (κ2) is 1.42. The Kier molecular flexibility index (Phi) is 0.903. The molecule has 1 saturated carbocycles. The lowest BCUT2D eigenvalue weighted by atomic mass is 10.0. The maximum absolute atomic E-state index is 13.2. The van der Waals surface area contributed by atoms with Crippen molar-refractivity contribution in [3.05, 3.63) is 0 Å². The number of aliphatic hydroxyl groups excluding tert-OH is 1. The number of carbonyl (C=O) groups is 1. The van der Waals surface area contributed by atoms with Gasteiger partial charge in [-0.3, -0.25) is 0 Å². The van der Waals surface area contributed by atoms with Crippen LogP contribution in [0.4, 0.5) is 4.39 Å². The van der Waals surface area contributed by atoms with Gasteiger partial charge in [-0.15, -0.1) is 0 Å². The average molecular weight is 162 g/mol. The number of halogens is 1. The summed E-state index contributed by atoms with van der Waals surface area (Å²) >= 11 is 0. The molecule has 0 spiro atoms. The zero-order valence-electron chi connectivity index (χ0n) is 5.74. The van der Waals surface area contributed by atoms with Gasteiger partial charge in [0.1, 0.15) is 6.10 Å². The van der Waals surface area contributed by atoms with Crippen LogP contribution in [-0.4, -0.2) is 39.7 Å². The van der Waals surface area contributed by atoms with E-state index in [1.54, 1.807) is 0 Å². The molecule has 2 rings (SSSR count). The Morgan fingerprint density at radius 1 is 1.73 bits per heavy atom. The zero-order chi connectivity index (χ0) is 8.44. The van der Waals surface area contributed by atoms with E-state index in [1.165, 1.54) is 0 Å². The maximum atomic E-state index is 13.2. The fourth-order valence-corrected chi connectivity index (χ4v) is 1.42. The lowest BCUT2D eigenvalue weighted by Crippen LogP contribution is -2.44. The SMILES string of the molecule is C[C@]1(F)C(=O)O[C@@H]2C(O)[C@@]21O. The molecule has 2 aliphatic rings. The normalized spacial score (nSPS) is 60.5. The molecule has 62 valence electrons. The summed E-state index contributed by atoms with van der Waals surface area (Å²) in [5.41, 5.74) is -4.46. The number of rotatable bonds is 0. The minimum atomic E-state index is -2.46. The van der Waals surface area contributed by atoms with Gasteiger partial charge in [0.15, 0.2) is 11.7 Å². The van der Waals surface area contributed by atoms with Crippen molar-refractivity contribution in [3.8, 4) is 0 Å². The van der Waals surface area contributed by atoms with Gasteiger partial charge >= 0.3 is 5.97 Å². The summed E-state index contributed by atoms with van der Waals surface area (Å²) in [6.45, 7) is 0.908. The van der Waals surface area contributed by atoms with Gasteiger partial charge < -0.3 is 14.9 Å². The molecule has 1 aliphatic heterocycles. The van der Waals surface area contributed by atoms with Gasteiger partial charge in [-0.2, -0.15) is 0 Å². The molecule has 0 aromatic carbocycles. The first kappa shape index (κ1) is 7.00. The molecule has 0 aromatic rings. The first-order valence-electron chi connectivity index (χ1n) is 3.23. The summed E-state index contributed by atoms with van der Waals surface area (Å²) in [6, 6.07) is 0. The highest BCUT2D eigenvalue weighted by atomic mass is 19.1. The van der Waals surface area contributed by atoms with E-state index >= 15 is 0 Å². The number of carbonyl (C=O) groups excluding carboxylic acids is 1. The van der Waals surface area contributed by atoms with Crippen molar-refractivity contribution in [2.45, 2.75) is 30.4 Å². The number of hydrogen-bond acceptors (Lipinski definition) is 4. The first-order chi connectivity index (χ1) is 4.92. The third-order valence-corrected chi connectivity index (χ3v) is 2.43. The second-order valence-corrected chi connectivity index (χ2v) is 3.10. The summed E-state index contributed by atoms with van der Waals surface area (Å²) in [5.74, 6) is -1.10. The molecule has 5 heteroatoms. The summed E-state index contributed by atoms with van der Waals surface area (Å²) in [5, 5.41) is 18.2. The fraction of sp³-hybridized carbons (Fsp3) is 0.833. The Labute approximate surface area is 61.6 Å². The Morgan fingerprint density at radius 2 is 2.27 bits per heavy atom. The van der Waals surface area contributed by atoms with Crippen molar-refractivity contribution in [2.75, 3.05) is 0 Å². The third-order valence-electron chi connectivity index (χ3n) is 2.43. The molecule has 1 aliphatic carbocycles. The van der Waals surface area contributed by atoms with E-state index in [9.17, 15) is 14.3 Å². The minimum Gasteiger partial charge on any atom is -0.454 e. The molecule has 1 saturated heterocycles. The molecular formula is C6H7FO4. The zero-order valence-corrected chi connectivity index (χ0v) is 5.74. The standard InChI is InChI=1S/C6H7FO4/c1-5(7)4(9)11-3-2(8)6(3,5)10/h2-3,8,10H,1H3/t2?,3-,5+,6-/m1/s1. The number of aliphatic hydroxyl groups is 2. The minimum absolute atomic E-state index is 0.908. The van der Waals surface area contributed by atoms with Crippen LogP contribution in [-0.2, 0) is 9.53 Å². The molecule has 11 heavy (non-hydrogen) atoms. The van der Waals surface area contributed by atoms with Crippen LogP contribution in [0.2, 0.25) is 0 Å². The van der Waals surface area contributed by atoms with Crippen molar-refractivity contribution < 1.29 is 24.1 Å². The van der Waals surface area contributed by atoms with Crippen molar-refractivity contribution in [1.82, 2.24) is 0 Å². The summed E-state index contributed by atoms with van der Waals surface area (Å²) in [4.78, 5) is 10.6. The number of ether oxygens (including phenoxy) is 1. The van der Waals surface area contributed by atoms with Gasteiger partial charge in [0.05, 0.1) is 0 Å². The molecule has 2 N–H and O–H groups in total. The molecule has 1 heterocycles. The molecule has 0 bridgehead atoms. The van der Waals surface area contributed by atoms with Crippen LogP contribution < -0.4 is 0 Å².